The van der Waals surface area contributed by atoms with E-state index >= 15 is 0 Å². The van der Waals surface area contributed by atoms with Gasteiger partial charge in [-0.15, -0.1) is 0 Å². The average molecular weight is 1070 g/mol. The number of para-hydroxylation sites is 1. The molecule has 0 amide bonds. The summed E-state index contributed by atoms with van der Waals surface area (Å²) in [5, 5.41) is 12.5. The molecule has 1 N–H and O–H groups in total. The van der Waals surface area contributed by atoms with Crippen molar-refractivity contribution in [2.24, 2.45) is 0 Å². The van der Waals surface area contributed by atoms with Gasteiger partial charge in [-0.25, -0.2) is 0 Å². The first-order chi connectivity index (χ1) is 29.2. The van der Waals surface area contributed by atoms with E-state index in [1.807, 2.05) is 12.3 Å². The largest absolute Gasteiger partial charge is 0 e. The monoisotopic (exact) mass is 1070 g/mol. The second-order valence-electron chi connectivity index (χ2n) is 21.0. The number of rotatable bonds is 7. The number of phenolic OH excluding ortho intramolecular Hbond substituents is 1. The van der Waals surface area contributed by atoms with Crippen LogP contribution in [0.4, 0.5) is 0 Å². The van der Waals surface area contributed by atoms with Gasteiger partial charge in [-0.2, -0.15) is 0 Å². The first-order valence-electron chi connectivity index (χ1n) is 21.9. The molecule has 0 radical (unpaired) electrons. The molecule has 0 spiro atoms. The van der Waals surface area contributed by atoms with Crippen LogP contribution in [0.3, 0.4) is 0 Å². The fourth-order valence-electron chi connectivity index (χ4n) is 8.27. The zero-order valence-electron chi connectivity index (χ0n) is 38.9. The Hall–Kier alpha value is -5.03. The summed E-state index contributed by atoms with van der Waals surface area (Å²) < 4.78 is 3.73. The molecule has 2 aromatic heterocycles. The molecule has 4 nitrogen and oxygen atoms in total. The van der Waals surface area contributed by atoms with E-state index in [4.69, 9.17) is 9.97 Å². The maximum absolute atomic E-state index is 12.5. The van der Waals surface area contributed by atoms with E-state index in [-0.39, 0.29) is 43.1 Å². The average Bonchev–Trinajstić information content (AvgIpc) is 3.62. The molecule has 0 saturated carbocycles. The smallest absolute Gasteiger partial charge is 0 e. The van der Waals surface area contributed by atoms with E-state index in [9.17, 15) is 5.11 Å². The standard InChI is InChI=1S/C57H60GeN3O.Pt/c1-55(2,3)42-31-40(30-41(32-42)49-33-39(28-29-59-49)37-20-15-13-16-21-37)45-24-19-25-51-52(45)60-54(47-34-43(56(4,5)6)35-48(53(47)62)57(7,8)9)61(51)50-27-26-44(58(10,11)12)36-46(50)38-22-17-14-18-23-38;/h13-29,31-36,62H,1-12H3;/q-1;. The van der Waals surface area contributed by atoms with Gasteiger partial charge >= 0.3 is 288 Å². The molecule has 8 rings (SSSR count). The Morgan fingerprint density at radius 1 is 0.556 bits per heavy atom. The van der Waals surface area contributed by atoms with Gasteiger partial charge in [0.25, 0.3) is 0 Å². The van der Waals surface area contributed by atoms with Crippen molar-refractivity contribution in [3.63, 3.8) is 0 Å². The number of nitrogens with zero attached hydrogens (tertiary/aromatic N) is 3. The molecule has 324 valence electrons. The van der Waals surface area contributed by atoms with Crippen LogP contribution < -0.4 is 4.40 Å². The fourth-order valence-corrected chi connectivity index (χ4v) is 10.7. The molecule has 0 fully saturated rings. The van der Waals surface area contributed by atoms with Crippen molar-refractivity contribution in [1.29, 1.82) is 0 Å². The number of hydrogen-bond donors (Lipinski definition) is 1. The molecule has 0 aliphatic rings. The summed E-state index contributed by atoms with van der Waals surface area (Å²) in [6.45, 7) is 20.0. The second-order valence-corrected chi connectivity index (χ2v) is 31.6. The summed E-state index contributed by atoms with van der Waals surface area (Å²) in [6.07, 6.45) is 1.90. The first kappa shape index (κ1) is 46.0. The molecule has 63 heavy (non-hydrogen) atoms. The predicted molar refractivity (Wildman–Crippen MR) is 266 cm³/mol. The van der Waals surface area contributed by atoms with Crippen LogP contribution in [0.15, 0.2) is 140 Å². The molecular formula is C57H60GeN3OPt-. The topological polar surface area (TPSA) is 50.9 Å². The Bertz CT molecular complexity index is 2940. The van der Waals surface area contributed by atoms with Crippen LogP contribution in [0.5, 0.6) is 5.75 Å². The quantitative estimate of drug-likeness (QED) is 0.128. The summed E-state index contributed by atoms with van der Waals surface area (Å²) >= 11 is -2.28. The Kier molecular flexibility index (Phi) is 12.5. The van der Waals surface area contributed by atoms with Crippen molar-refractivity contribution in [2.45, 2.75) is 95.8 Å². The molecular weight excluding hydrogens is 1010 g/mol. The zero-order chi connectivity index (χ0) is 44.4. The van der Waals surface area contributed by atoms with Crippen LogP contribution in [0.2, 0.25) is 17.3 Å². The zero-order valence-corrected chi connectivity index (χ0v) is 43.3. The minimum absolute atomic E-state index is 0. The van der Waals surface area contributed by atoms with Crippen molar-refractivity contribution < 1.29 is 26.2 Å². The van der Waals surface area contributed by atoms with Gasteiger partial charge in [0.1, 0.15) is 0 Å². The van der Waals surface area contributed by atoms with Crippen molar-refractivity contribution in [1.82, 2.24) is 14.5 Å². The normalized spacial score (nSPS) is 12.4. The van der Waals surface area contributed by atoms with E-state index in [0.29, 0.717) is 5.82 Å². The summed E-state index contributed by atoms with van der Waals surface area (Å²) in [4.78, 5) is 10.6. The first-order valence-corrected chi connectivity index (χ1v) is 29.2. The molecule has 0 unspecified atom stereocenters. The molecule has 0 bridgehead atoms. The van der Waals surface area contributed by atoms with Crippen molar-refractivity contribution in [2.75, 3.05) is 0 Å². The molecule has 0 aliphatic heterocycles. The van der Waals surface area contributed by atoms with Crippen LogP contribution in [-0.2, 0) is 37.3 Å². The molecule has 0 atom stereocenters. The van der Waals surface area contributed by atoms with Gasteiger partial charge in [-0.05, 0) is 17.2 Å². The summed E-state index contributed by atoms with van der Waals surface area (Å²) in [5.41, 5.74) is 14.4. The Morgan fingerprint density at radius 2 is 1.17 bits per heavy atom. The Morgan fingerprint density at radius 3 is 1.79 bits per heavy atom. The number of imidazole rings is 1. The van der Waals surface area contributed by atoms with Gasteiger partial charge in [0.15, 0.2) is 0 Å². The van der Waals surface area contributed by atoms with Crippen LogP contribution >= 0.6 is 0 Å². The number of aromatic hydroxyl groups is 1. The third-order valence-electron chi connectivity index (χ3n) is 12.1. The molecule has 0 saturated heterocycles. The molecule has 0 aliphatic carbocycles. The van der Waals surface area contributed by atoms with Crippen molar-refractivity contribution >= 4 is 28.7 Å². The number of benzene rings is 6. The van der Waals surface area contributed by atoms with Gasteiger partial charge in [0.2, 0.25) is 0 Å². The predicted octanol–water partition coefficient (Wildman–Crippen LogP) is 14.7. The van der Waals surface area contributed by atoms with Crippen LogP contribution in [-0.4, -0.2) is 32.9 Å². The van der Waals surface area contributed by atoms with Crippen molar-refractivity contribution in [3.8, 4) is 67.5 Å². The van der Waals surface area contributed by atoms with Crippen LogP contribution in [0, 0.1) is 6.07 Å². The van der Waals surface area contributed by atoms with Crippen molar-refractivity contribution in [3.05, 3.63) is 162 Å². The van der Waals surface area contributed by atoms with Gasteiger partial charge in [0.05, 0.1) is 0 Å². The molecule has 6 heteroatoms. The second kappa shape index (κ2) is 17.2. The summed E-state index contributed by atoms with van der Waals surface area (Å²) in [5.74, 6) is 8.30. The minimum atomic E-state index is -2.28. The van der Waals surface area contributed by atoms with Gasteiger partial charge < -0.3 is 0 Å². The maximum Gasteiger partial charge on any atom is 0 e. The van der Waals surface area contributed by atoms with Gasteiger partial charge in [-0.1, -0.05) is 57.2 Å². The van der Waals surface area contributed by atoms with E-state index < -0.39 is 13.3 Å². The third kappa shape index (κ3) is 9.31. The number of pyridine rings is 1. The third-order valence-corrected chi connectivity index (χ3v) is 16.4. The Balaban J connectivity index is 0.00000595. The van der Waals surface area contributed by atoms with Gasteiger partial charge in [0, 0.05) is 27.3 Å². The SMILES string of the molecule is CC(C)(C)c1cc(-c2cc(-c3ccccc3)ccn2)[c-]c(-c2cccc3c2nc(-c2cc(C(C)(C)C)cc(C(C)(C)C)c2O)n3-c2cc[c]([Ge]([CH3])([CH3])[CH3])cc2-c2ccccc2)c1.[Pt]. The van der Waals surface area contributed by atoms with E-state index in [1.54, 1.807) is 0 Å². The maximum atomic E-state index is 12.5. The van der Waals surface area contributed by atoms with E-state index in [1.165, 1.54) is 9.96 Å². The molecule has 2 heterocycles. The molecule has 8 aromatic rings. The van der Waals surface area contributed by atoms with E-state index in [2.05, 4.69) is 218 Å². The van der Waals surface area contributed by atoms with Gasteiger partial charge in [-0.3, -0.25) is 4.98 Å². The van der Waals surface area contributed by atoms with E-state index in [0.717, 1.165) is 78.0 Å². The van der Waals surface area contributed by atoms with Crippen LogP contribution in [0.25, 0.3) is 72.7 Å². The fraction of sp³-hybridized carbons (Fsp3) is 0.263. The summed E-state index contributed by atoms with van der Waals surface area (Å²) in [7, 11) is 0. The Labute approximate surface area is 392 Å². The number of hydrogen-bond acceptors (Lipinski definition) is 3. The molecule has 6 aromatic carbocycles. The number of fused-ring (bicyclic) bond motifs is 1. The number of phenols is 1. The number of aromatic nitrogens is 3. The van der Waals surface area contributed by atoms with Crippen LogP contribution in [0.1, 0.15) is 79.0 Å². The minimum Gasteiger partial charge on any atom is 0 e. The summed E-state index contributed by atoms with van der Waals surface area (Å²) in [6, 6.07) is 51.6.